The van der Waals surface area contributed by atoms with Crippen LogP contribution in [0.1, 0.15) is 21.5 Å². The van der Waals surface area contributed by atoms with Gasteiger partial charge in [0, 0.05) is 37.2 Å². The Balaban J connectivity index is 1.51. The van der Waals surface area contributed by atoms with Crippen LogP contribution in [0.4, 0.5) is 24.5 Å². The molecule has 0 saturated heterocycles. The van der Waals surface area contributed by atoms with E-state index in [1.807, 2.05) is 0 Å². The van der Waals surface area contributed by atoms with Gasteiger partial charge in [-0.1, -0.05) is 18.2 Å². The zero-order valence-corrected chi connectivity index (χ0v) is 18.4. The van der Waals surface area contributed by atoms with Crippen molar-refractivity contribution in [1.29, 1.82) is 0 Å². The molecule has 1 amide bonds. The number of halogens is 3. The molecule has 0 radical (unpaired) electrons. The fraction of sp³-hybridized carbons (Fsp3) is 0.160. The quantitative estimate of drug-likeness (QED) is 0.432. The number of aryl methyl sites for hydroxylation is 1. The molecule has 2 heterocycles. The number of alkyl halides is 3. The number of anilines is 1. The SMILES string of the molecule is CNC(=O)c1cccc(NC2=Nc3cc(C(F)(F)F)c(-c4ccc5cnn(C)c5c4)cc3C2)c1. The predicted octanol–water partition coefficient (Wildman–Crippen LogP) is 5.32. The van der Waals surface area contributed by atoms with Crippen molar-refractivity contribution in [3.05, 3.63) is 77.5 Å². The average Bonchev–Trinajstić information content (AvgIpc) is 3.39. The fourth-order valence-corrected chi connectivity index (χ4v) is 4.15. The minimum Gasteiger partial charge on any atom is -0.355 e. The van der Waals surface area contributed by atoms with Gasteiger partial charge in [0.05, 0.1) is 23.0 Å². The first-order valence-electron chi connectivity index (χ1n) is 10.6. The Morgan fingerprint density at radius 2 is 1.91 bits per heavy atom. The molecule has 6 nitrogen and oxygen atoms in total. The minimum absolute atomic E-state index is 0.104. The normalized spacial score (nSPS) is 13.0. The van der Waals surface area contributed by atoms with E-state index in [1.54, 1.807) is 73.5 Å². The maximum Gasteiger partial charge on any atom is 0.417 e. The molecular weight excluding hydrogens is 443 g/mol. The van der Waals surface area contributed by atoms with Gasteiger partial charge in [0.1, 0.15) is 5.84 Å². The van der Waals surface area contributed by atoms with Crippen LogP contribution in [0, 0.1) is 0 Å². The van der Waals surface area contributed by atoms with E-state index < -0.39 is 11.7 Å². The van der Waals surface area contributed by atoms with E-state index >= 15 is 0 Å². The van der Waals surface area contributed by atoms with Crippen molar-refractivity contribution in [2.75, 3.05) is 12.4 Å². The molecule has 2 N–H and O–H groups in total. The number of amidine groups is 1. The third-order valence-electron chi connectivity index (χ3n) is 5.84. The van der Waals surface area contributed by atoms with Crippen LogP contribution in [0.3, 0.4) is 0 Å². The molecule has 4 aromatic rings. The Labute approximate surface area is 193 Å². The van der Waals surface area contributed by atoms with Gasteiger partial charge in [-0.3, -0.25) is 9.48 Å². The van der Waals surface area contributed by atoms with Crippen LogP contribution in [0.5, 0.6) is 0 Å². The molecule has 0 bridgehead atoms. The zero-order valence-electron chi connectivity index (χ0n) is 18.4. The summed E-state index contributed by atoms with van der Waals surface area (Å²) in [7, 11) is 3.30. The summed E-state index contributed by atoms with van der Waals surface area (Å²) in [5.41, 5.74) is 2.65. The van der Waals surface area contributed by atoms with Gasteiger partial charge in [0.15, 0.2) is 0 Å². The number of carbonyl (C=O) groups excluding carboxylic acids is 1. The van der Waals surface area contributed by atoms with Crippen LogP contribution in [0.25, 0.3) is 22.0 Å². The van der Waals surface area contributed by atoms with E-state index in [0.29, 0.717) is 34.6 Å². The third-order valence-corrected chi connectivity index (χ3v) is 5.84. The van der Waals surface area contributed by atoms with E-state index in [1.165, 1.54) is 0 Å². The van der Waals surface area contributed by atoms with Crippen LogP contribution in [0.2, 0.25) is 0 Å². The van der Waals surface area contributed by atoms with Crippen LogP contribution < -0.4 is 10.6 Å². The molecule has 5 rings (SSSR count). The monoisotopic (exact) mass is 463 g/mol. The van der Waals surface area contributed by atoms with Crippen LogP contribution in [-0.2, 0) is 19.6 Å². The van der Waals surface area contributed by atoms with Crippen LogP contribution in [-0.4, -0.2) is 28.6 Å². The summed E-state index contributed by atoms with van der Waals surface area (Å²) in [6.07, 6.45) is -2.52. The Bertz CT molecular complexity index is 1470. The second-order valence-corrected chi connectivity index (χ2v) is 8.09. The Hall–Kier alpha value is -4.14. The predicted molar refractivity (Wildman–Crippen MR) is 125 cm³/mol. The number of hydrogen-bond acceptors (Lipinski definition) is 4. The number of benzene rings is 3. The number of nitrogens with zero attached hydrogens (tertiary/aromatic N) is 3. The highest BCUT2D eigenvalue weighted by Gasteiger charge is 2.35. The van der Waals surface area contributed by atoms with E-state index in [2.05, 4.69) is 20.7 Å². The van der Waals surface area contributed by atoms with E-state index in [9.17, 15) is 18.0 Å². The van der Waals surface area contributed by atoms with Crippen LogP contribution in [0.15, 0.2) is 65.8 Å². The van der Waals surface area contributed by atoms with E-state index in [0.717, 1.165) is 17.0 Å². The first-order valence-corrected chi connectivity index (χ1v) is 10.6. The second-order valence-electron chi connectivity index (χ2n) is 8.09. The number of fused-ring (bicyclic) bond motifs is 2. The van der Waals surface area contributed by atoms with Gasteiger partial charge >= 0.3 is 6.18 Å². The molecule has 0 atom stereocenters. The molecule has 0 unspecified atom stereocenters. The molecule has 3 aromatic carbocycles. The largest absolute Gasteiger partial charge is 0.417 e. The Morgan fingerprint density at radius 1 is 1.09 bits per heavy atom. The lowest BCUT2D eigenvalue weighted by Gasteiger charge is -2.15. The number of carbonyl (C=O) groups is 1. The van der Waals surface area contributed by atoms with E-state index in [-0.39, 0.29) is 17.2 Å². The summed E-state index contributed by atoms with van der Waals surface area (Å²) in [5, 5.41) is 10.7. The maximum atomic E-state index is 14.0. The number of aliphatic imine (C=N–C) groups is 1. The molecule has 0 saturated carbocycles. The lowest BCUT2D eigenvalue weighted by molar-refractivity contribution is -0.137. The smallest absolute Gasteiger partial charge is 0.355 e. The molecule has 1 aliphatic heterocycles. The molecule has 0 aliphatic carbocycles. The lowest BCUT2D eigenvalue weighted by atomic mass is 9.94. The number of amides is 1. The number of aromatic nitrogens is 2. The fourth-order valence-electron chi connectivity index (χ4n) is 4.15. The maximum absolute atomic E-state index is 14.0. The molecule has 1 aliphatic rings. The van der Waals surface area contributed by atoms with Gasteiger partial charge < -0.3 is 10.6 Å². The Kier molecular flexibility index (Phi) is 5.11. The molecule has 0 fully saturated rings. The molecule has 34 heavy (non-hydrogen) atoms. The van der Waals surface area contributed by atoms with E-state index in [4.69, 9.17) is 0 Å². The number of nitrogens with one attached hydrogen (secondary N) is 2. The highest BCUT2D eigenvalue weighted by Crippen LogP contribution is 2.43. The van der Waals surface area contributed by atoms with Gasteiger partial charge in [-0.2, -0.15) is 18.3 Å². The molecule has 9 heteroatoms. The van der Waals surface area contributed by atoms with Crippen molar-refractivity contribution < 1.29 is 18.0 Å². The summed E-state index contributed by atoms with van der Waals surface area (Å²) in [6.45, 7) is 0. The summed E-state index contributed by atoms with van der Waals surface area (Å²) >= 11 is 0. The van der Waals surface area contributed by atoms with Crippen LogP contribution >= 0.6 is 0 Å². The summed E-state index contributed by atoms with van der Waals surface area (Å²) in [5.74, 6) is 0.279. The van der Waals surface area contributed by atoms with Gasteiger partial charge in [-0.15, -0.1) is 0 Å². The summed E-state index contributed by atoms with van der Waals surface area (Å²) in [6, 6.07) is 14.7. The van der Waals surface area contributed by atoms with Gasteiger partial charge in [0.2, 0.25) is 0 Å². The molecule has 1 aromatic heterocycles. The van der Waals surface area contributed by atoms with Crippen molar-refractivity contribution >= 4 is 34.0 Å². The zero-order chi connectivity index (χ0) is 24.0. The topological polar surface area (TPSA) is 71.3 Å². The first-order chi connectivity index (χ1) is 16.2. The second kappa shape index (κ2) is 8.02. The summed E-state index contributed by atoms with van der Waals surface area (Å²) in [4.78, 5) is 16.3. The van der Waals surface area contributed by atoms with Crippen molar-refractivity contribution in [2.24, 2.45) is 12.0 Å². The highest BCUT2D eigenvalue weighted by atomic mass is 19.4. The van der Waals surface area contributed by atoms with Crippen molar-refractivity contribution in [1.82, 2.24) is 15.1 Å². The van der Waals surface area contributed by atoms with Gasteiger partial charge in [0.25, 0.3) is 5.91 Å². The van der Waals surface area contributed by atoms with Crippen molar-refractivity contribution in [2.45, 2.75) is 12.6 Å². The van der Waals surface area contributed by atoms with Crippen molar-refractivity contribution in [3.63, 3.8) is 0 Å². The van der Waals surface area contributed by atoms with Gasteiger partial charge in [-0.25, -0.2) is 4.99 Å². The molecule has 172 valence electrons. The summed E-state index contributed by atoms with van der Waals surface area (Å²) < 4.78 is 43.7. The molecule has 0 spiro atoms. The van der Waals surface area contributed by atoms with Crippen molar-refractivity contribution in [3.8, 4) is 11.1 Å². The Morgan fingerprint density at radius 3 is 2.68 bits per heavy atom. The lowest BCUT2D eigenvalue weighted by Crippen LogP contribution is -2.18. The van der Waals surface area contributed by atoms with Gasteiger partial charge in [-0.05, 0) is 53.1 Å². The number of rotatable bonds is 3. The highest BCUT2D eigenvalue weighted by molar-refractivity contribution is 6.03. The minimum atomic E-state index is -4.54. The third kappa shape index (κ3) is 3.89. The average molecular weight is 463 g/mol. The number of hydrogen-bond donors (Lipinski definition) is 2. The molecular formula is C25H20F3N5O. The first kappa shape index (κ1) is 21.7. The standard InChI is InChI=1S/C25H20F3N5O/c1-29-24(34)15-4-3-5-18(8-15)31-23-11-17-9-19(20(25(26,27)28)12-21(17)32-23)14-6-7-16-13-30-33(2)22(16)10-14/h3-10,12-13H,11H2,1-2H3,(H,29,34)(H,31,32).